The molecule has 0 spiro atoms. The molecule has 26 heavy (non-hydrogen) atoms. The second kappa shape index (κ2) is 7.15. The lowest BCUT2D eigenvalue weighted by Crippen LogP contribution is -2.41. The third-order valence-corrected chi connectivity index (χ3v) is 5.04. The maximum Gasteiger partial charge on any atom is 0.251 e. The number of nitrogens with one attached hydrogen (secondary N) is 2. The van der Waals surface area contributed by atoms with Crippen molar-refractivity contribution >= 4 is 16.8 Å². The molecule has 2 atom stereocenters. The number of hydrogen-bond donors (Lipinski definition) is 2. The Kier molecular flexibility index (Phi) is 4.56. The molecule has 0 saturated heterocycles. The minimum absolute atomic E-state index is 0.0472. The monoisotopic (exact) mass is 350 g/mol. The standard InChI is InChI=1S/C20H22N4O2/c1-13-17-12-22-24-18(17)5-6-19(13)26-16-4-2-3-15(11-16)23-20(25)14-7-9-21-10-8-14/h5-10,12,15-16H,2-4,11H2,1H3,(H,22,24)(H,23,25)/t15-,16+/m1/s1. The quantitative estimate of drug-likeness (QED) is 0.756. The van der Waals surface area contributed by atoms with Crippen LogP contribution in [0.5, 0.6) is 5.75 Å². The maximum atomic E-state index is 12.4. The molecule has 0 aliphatic heterocycles. The van der Waals surface area contributed by atoms with Gasteiger partial charge in [-0.2, -0.15) is 5.10 Å². The third-order valence-electron chi connectivity index (χ3n) is 5.04. The van der Waals surface area contributed by atoms with Crippen LogP contribution in [0.1, 0.15) is 41.6 Å². The van der Waals surface area contributed by atoms with Crippen molar-refractivity contribution in [2.75, 3.05) is 0 Å². The van der Waals surface area contributed by atoms with Crippen LogP contribution in [0.15, 0.2) is 42.9 Å². The smallest absolute Gasteiger partial charge is 0.251 e. The predicted molar refractivity (Wildman–Crippen MR) is 99.2 cm³/mol. The molecule has 2 N–H and O–H groups in total. The highest BCUT2D eigenvalue weighted by Gasteiger charge is 2.25. The van der Waals surface area contributed by atoms with Crippen LogP contribution >= 0.6 is 0 Å². The lowest BCUT2D eigenvalue weighted by atomic mass is 9.92. The Morgan fingerprint density at radius 2 is 2.08 bits per heavy atom. The van der Waals surface area contributed by atoms with E-state index < -0.39 is 0 Å². The lowest BCUT2D eigenvalue weighted by molar-refractivity contribution is 0.0882. The Balaban J connectivity index is 1.41. The van der Waals surface area contributed by atoms with Crippen LogP contribution in [-0.4, -0.2) is 33.2 Å². The highest BCUT2D eigenvalue weighted by molar-refractivity contribution is 5.94. The molecule has 1 aromatic carbocycles. The van der Waals surface area contributed by atoms with Gasteiger partial charge in [-0.3, -0.25) is 14.9 Å². The van der Waals surface area contributed by atoms with Gasteiger partial charge in [-0.1, -0.05) is 0 Å². The molecule has 134 valence electrons. The van der Waals surface area contributed by atoms with Gasteiger partial charge in [-0.15, -0.1) is 0 Å². The van der Waals surface area contributed by atoms with Crippen molar-refractivity contribution in [3.63, 3.8) is 0 Å². The highest BCUT2D eigenvalue weighted by Crippen LogP contribution is 2.30. The molecule has 1 amide bonds. The second-order valence-corrected chi connectivity index (χ2v) is 6.83. The molecule has 2 aromatic heterocycles. The number of benzene rings is 1. The van der Waals surface area contributed by atoms with Crippen LogP contribution in [0, 0.1) is 6.92 Å². The number of carbonyl (C=O) groups excluding carboxylic acids is 1. The minimum atomic E-state index is -0.0472. The molecule has 0 radical (unpaired) electrons. The first-order chi connectivity index (χ1) is 12.7. The Morgan fingerprint density at radius 1 is 1.23 bits per heavy atom. The number of aryl methyl sites for hydroxylation is 1. The Morgan fingerprint density at radius 3 is 2.92 bits per heavy atom. The fraction of sp³-hybridized carbons (Fsp3) is 0.350. The number of carbonyl (C=O) groups is 1. The van der Waals surface area contributed by atoms with Gasteiger partial charge in [0.2, 0.25) is 0 Å². The summed E-state index contributed by atoms with van der Waals surface area (Å²) in [5, 5.41) is 11.3. The number of aromatic nitrogens is 3. The summed E-state index contributed by atoms with van der Waals surface area (Å²) in [6.45, 7) is 2.05. The number of aromatic amines is 1. The van der Waals surface area contributed by atoms with E-state index in [-0.39, 0.29) is 18.1 Å². The van der Waals surface area contributed by atoms with E-state index in [1.54, 1.807) is 24.5 Å². The van der Waals surface area contributed by atoms with Gasteiger partial charge in [0.25, 0.3) is 5.91 Å². The van der Waals surface area contributed by atoms with Gasteiger partial charge >= 0.3 is 0 Å². The molecule has 6 heteroatoms. The van der Waals surface area contributed by atoms with Crippen LogP contribution < -0.4 is 10.1 Å². The van der Waals surface area contributed by atoms with E-state index in [0.717, 1.165) is 47.9 Å². The lowest BCUT2D eigenvalue weighted by Gasteiger charge is -2.30. The third kappa shape index (κ3) is 3.40. The highest BCUT2D eigenvalue weighted by atomic mass is 16.5. The van der Waals surface area contributed by atoms with E-state index in [9.17, 15) is 4.79 Å². The first-order valence-electron chi connectivity index (χ1n) is 9.01. The summed E-state index contributed by atoms with van der Waals surface area (Å²) in [6.07, 6.45) is 9.05. The number of pyridine rings is 1. The SMILES string of the molecule is Cc1c(O[C@H]2CCC[C@@H](NC(=O)c3ccncc3)C2)ccc2[nH]ncc12. The van der Waals surface area contributed by atoms with Gasteiger partial charge in [-0.25, -0.2) is 0 Å². The van der Waals surface area contributed by atoms with Crippen molar-refractivity contribution in [2.45, 2.75) is 44.8 Å². The van der Waals surface area contributed by atoms with Gasteiger partial charge in [0.15, 0.2) is 0 Å². The van der Waals surface area contributed by atoms with Crippen LogP contribution in [-0.2, 0) is 0 Å². The summed E-state index contributed by atoms with van der Waals surface area (Å²) in [4.78, 5) is 16.3. The molecule has 1 aliphatic rings. The average Bonchev–Trinajstić information content (AvgIpc) is 3.15. The van der Waals surface area contributed by atoms with Crippen molar-refractivity contribution in [2.24, 2.45) is 0 Å². The van der Waals surface area contributed by atoms with E-state index in [4.69, 9.17) is 4.74 Å². The van der Waals surface area contributed by atoms with Gasteiger partial charge in [0, 0.05) is 41.4 Å². The van der Waals surface area contributed by atoms with Crippen LogP contribution in [0.4, 0.5) is 0 Å². The molecule has 4 rings (SSSR count). The van der Waals surface area contributed by atoms with Crippen LogP contribution in [0.25, 0.3) is 10.9 Å². The zero-order valence-electron chi connectivity index (χ0n) is 14.7. The van der Waals surface area contributed by atoms with E-state index in [1.807, 2.05) is 18.3 Å². The van der Waals surface area contributed by atoms with E-state index in [2.05, 4.69) is 27.4 Å². The molecule has 2 heterocycles. The van der Waals surface area contributed by atoms with Gasteiger partial charge in [0.1, 0.15) is 11.9 Å². The van der Waals surface area contributed by atoms with Gasteiger partial charge < -0.3 is 10.1 Å². The molecule has 1 aliphatic carbocycles. The summed E-state index contributed by atoms with van der Waals surface area (Å²) in [5.74, 6) is 0.846. The topological polar surface area (TPSA) is 79.9 Å². The Bertz CT molecular complexity index is 907. The first-order valence-corrected chi connectivity index (χ1v) is 9.01. The minimum Gasteiger partial charge on any atom is -0.490 e. The van der Waals surface area contributed by atoms with Crippen molar-refractivity contribution in [1.29, 1.82) is 0 Å². The van der Waals surface area contributed by atoms with Gasteiger partial charge in [0.05, 0.1) is 11.7 Å². The fourth-order valence-corrected chi connectivity index (χ4v) is 3.60. The number of H-pyrrole nitrogens is 1. The largest absolute Gasteiger partial charge is 0.490 e. The van der Waals surface area contributed by atoms with Crippen molar-refractivity contribution in [1.82, 2.24) is 20.5 Å². The van der Waals surface area contributed by atoms with Crippen molar-refractivity contribution in [3.05, 3.63) is 54.0 Å². The molecule has 1 fully saturated rings. The number of fused-ring (bicyclic) bond motifs is 1. The molecule has 0 bridgehead atoms. The number of hydrogen-bond acceptors (Lipinski definition) is 4. The molecule has 6 nitrogen and oxygen atoms in total. The van der Waals surface area contributed by atoms with E-state index >= 15 is 0 Å². The summed E-state index contributed by atoms with van der Waals surface area (Å²) in [6, 6.07) is 7.59. The second-order valence-electron chi connectivity index (χ2n) is 6.83. The molecule has 0 unspecified atom stereocenters. The maximum absolute atomic E-state index is 12.4. The Labute approximate surface area is 152 Å². The zero-order valence-corrected chi connectivity index (χ0v) is 14.7. The molecule has 3 aromatic rings. The van der Waals surface area contributed by atoms with Crippen molar-refractivity contribution in [3.8, 4) is 5.75 Å². The molecular formula is C20H22N4O2. The summed E-state index contributed by atoms with van der Waals surface area (Å²) >= 11 is 0. The summed E-state index contributed by atoms with van der Waals surface area (Å²) in [5.41, 5.74) is 2.75. The number of rotatable bonds is 4. The van der Waals surface area contributed by atoms with Crippen LogP contribution in [0.2, 0.25) is 0 Å². The molecule has 1 saturated carbocycles. The number of amides is 1. The average molecular weight is 350 g/mol. The number of nitrogens with zero attached hydrogens (tertiary/aromatic N) is 2. The zero-order chi connectivity index (χ0) is 17.9. The van der Waals surface area contributed by atoms with E-state index in [1.165, 1.54) is 0 Å². The summed E-state index contributed by atoms with van der Waals surface area (Å²) in [7, 11) is 0. The fourth-order valence-electron chi connectivity index (χ4n) is 3.60. The van der Waals surface area contributed by atoms with Crippen LogP contribution in [0.3, 0.4) is 0 Å². The van der Waals surface area contributed by atoms with Gasteiger partial charge in [-0.05, 0) is 50.5 Å². The summed E-state index contributed by atoms with van der Waals surface area (Å²) < 4.78 is 6.28. The number of ether oxygens (including phenoxy) is 1. The normalized spacial score (nSPS) is 20.0. The molecular weight excluding hydrogens is 328 g/mol. The van der Waals surface area contributed by atoms with Crippen molar-refractivity contribution < 1.29 is 9.53 Å². The van der Waals surface area contributed by atoms with E-state index in [0.29, 0.717) is 5.56 Å². The Hall–Kier alpha value is -2.89. The first kappa shape index (κ1) is 16.6. The predicted octanol–water partition coefficient (Wildman–Crippen LogP) is 3.39.